The summed E-state index contributed by atoms with van der Waals surface area (Å²) in [6.07, 6.45) is 5.96. The first kappa shape index (κ1) is 18.1. The molecule has 28 heavy (non-hydrogen) atoms. The number of pyridine rings is 1. The van der Waals surface area contributed by atoms with Gasteiger partial charge >= 0.3 is 5.69 Å². The summed E-state index contributed by atoms with van der Waals surface area (Å²) in [5.74, 6) is -0.0856. The van der Waals surface area contributed by atoms with Crippen molar-refractivity contribution in [2.45, 2.75) is 25.3 Å². The Bertz CT molecular complexity index is 1190. The Labute approximate surface area is 160 Å². The first-order chi connectivity index (χ1) is 13.4. The van der Waals surface area contributed by atoms with Crippen LogP contribution in [0, 0.1) is 0 Å². The maximum Gasteiger partial charge on any atom is 0.332 e. The summed E-state index contributed by atoms with van der Waals surface area (Å²) in [6, 6.07) is 3.28. The standard InChI is InChI=1S/C19H22N6O3/c1-22-11-12(10-20-22)17(26)25-9-5-4-6-15(25)14-8-7-13-16(21-14)23(2)19(28)24(3)18(13)27/h7-8,10-11,15H,4-6,9H2,1-3H3/t15-/m0/s1. The van der Waals surface area contributed by atoms with Gasteiger partial charge in [0.25, 0.3) is 11.5 Å². The third-order valence-electron chi connectivity index (χ3n) is 5.38. The van der Waals surface area contributed by atoms with Crippen molar-refractivity contribution in [3.8, 4) is 0 Å². The first-order valence-corrected chi connectivity index (χ1v) is 9.25. The summed E-state index contributed by atoms with van der Waals surface area (Å²) in [4.78, 5) is 44.1. The van der Waals surface area contributed by atoms with Crippen molar-refractivity contribution in [2.75, 3.05) is 6.54 Å². The molecule has 9 heteroatoms. The number of amides is 1. The number of carbonyl (C=O) groups excluding carboxylic acids is 1. The minimum absolute atomic E-state index is 0.0856. The Balaban J connectivity index is 1.79. The number of rotatable bonds is 2. The van der Waals surface area contributed by atoms with Crippen molar-refractivity contribution in [3.05, 3.63) is 56.6 Å². The van der Waals surface area contributed by atoms with Crippen LogP contribution < -0.4 is 11.2 Å². The van der Waals surface area contributed by atoms with Gasteiger partial charge in [-0.25, -0.2) is 9.78 Å². The second kappa shape index (κ2) is 6.74. The SMILES string of the molecule is Cn1cc(C(=O)N2CCCC[C@H]2c2ccc3c(=O)n(C)c(=O)n(C)c3n2)cn1. The molecule has 0 aliphatic carbocycles. The summed E-state index contributed by atoms with van der Waals surface area (Å²) in [6.45, 7) is 0.633. The van der Waals surface area contributed by atoms with Crippen molar-refractivity contribution in [3.63, 3.8) is 0 Å². The summed E-state index contributed by atoms with van der Waals surface area (Å²) >= 11 is 0. The van der Waals surface area contributed by atoms with E-state index >= 15 is 0 Å². The predicted molar refractivity (Wildman–Crippen MR) is 103 cm³/mol. The molecule has 4 rings (SSSR count). The molecule has 1 saturated heterocycles. The minimum atomic E-state index is -0.422. The van der Waals surface area contributed by atoms with Gasteiger partial charge in [-0.05, 0) is 31.4 Å². The number of fused-ring (bicyclic) bond motifs is 1. The van der Waals surface area contributed by atoms with Crippen LogP contribution in [0.25, 0.3) is 11.0 Å². The Hall–Kier alpha value is -3.23. The summed E-state index contributed by atoms with van der Waals surface area (Å²) in [5.41, 5.74) is 0.771. The Morgan fingerprint density at radius 3 is 2.61 bits per heavy atom. The molecule has 0 aromatic carbocycles. The van der Waals surface area contributed by atoms with Gasteiger partial charge in [0.05, 0.1) is 28.9 Å². The quantitative estimate of drug-likeness (QED) is 0.651. The van der Waals surface area contributed by atoms with Crippen LogP contribution in [-0.4, -0.2) is 41.3 Å². The highest BCUT2D eigenvalue weighted by atomic mass is 16.2. The third kappa shape index (κ3) is 2.83. The van der Waals surface area contributed by atoms with Crippen molar-refractivity contribution in [1.82, 2.24) is 28.8 Å². The van der Waals surface area contributed by atoms with Crippen molar-refractivity contribution in [2.24, 2.45) is 21.1 Å². The molecule has 0 saturated carbocycles. The lowest BCUT2D eigenvalue weighted by Gasteiger charge is -2.35. The number of carbonyl (C=O) groups is 1. The van der Waals surface area contributed by atoms with Gasteiger partial charge < -0.3 is 4.90 Å². The molecule has 9 nitrogen and oxygen atoms in total. The van der Waals surface area contributed by atoms with Gasteiger partial charge in [-0.15, -0.1) is 0 Å². The molecule has 0 radical (unpaired) electrons. The number of hydrogen-bond donors (Lipinski definition) is 0. The number of aromatic nitrogens is 5. The van der Waals surface area contributed by atoms with E-state index < -0.39 is 5.69 Å². The fourth-order valence-corrected chi connectivity index (χ4v) is 3.83. The lowest BCUT2D eigenvalue weighted by molar-refractivity contribution is 0.0606. The number of hydrogen-bond acceptors (Lipinski definition) is 5. The number of piperidine rings is 1. The monoisotopic (exact) mass is 382 g/mol. The van der Waals surface area contributed by atoms with E-state index in [-0.39, 0.29) is 17.5 Å². The molecule has 1 amide bonds. The molecule has 4 heterocycles. The van der Waals surface area contributed by atoms with E-state index in [2.05, 4.69) is 10.1 Å². The summed E-state index contributed by atoms with van der Waals surface area (Å²) < 4.78 is 4.05. The average Bonchev–Trinajstić information content (AvgIpc) is 3.16. The highest BCUT2D eigenvalue weighted by molar-refractivity contribution is 5.94. The second-order valence-electron chi connectivity index (χ2n) is 7.23. The van der Waals surface area contributed by atoms with Gasteiger partial charge in [0.1, 0.15) is 5.65 Å². The van der Waals surface area contributed by atoms with Crippen LogP contribution in [0.2, 0.25) is 0 Å². The van der Waals surface area contributed by atoms with Crippen LogP contribution in [-0.2, 0) is 21.1 Å². The summed E-state index contributed by atoms with van der Waals surface area (Å²) in [5, 5.41) is 4.47. The van der Waals surface area contributed by atoms with Crippen LogP contribution in [0.4, 0.5) is 0 Å². The van der Waals surface area contributed by atoms with E-state index in [0.29, 0.717) is 28.8 Å². The number of nitrogens with zero attached hydrogens (tertiary/aromatic N) is 6. The van der Waals surface area contributed by atoms with Crippen LogP contribution >= 0.6 is 0 Å². The van der Waals surface area contributed by atoms with Crippen molar-refractivity contribution < 1.29 is 4.79 Å². The van der Waals surface area contributed by atoms with E-state index in [9.17, 15) is 14.4 Å². The van der Waals surface area contributed by atoms with Crippen LogP contribution in [0.1, 0.15) is 41.4 Å². The van der Waals surface area contributed by atoms with Crippen LogP contribution in [0.3, 0.4) is 0 Å². The molecule has 3 aromatic rings. The third-order valence-corrected chi connectivity index (χ3v) is 5.38. The van der Waals surface area contributed by atoms with Crippen molar-refractivity contribution >= 4 is 16.9 Å². The summed E-state index contributed by atoms with van der Waals surface area (Å²) in [7, 11) is 4.82. The highest BCUT2D eigenvalue weighted by Crippen LogP contribution is 2.31. The van der Waals surface area contributed by atoms with Crippen LogP contribution in [0.5, 0.6) is 0 Å². The fourth-order valence-electron chi connectivity index (χ4n) is 3.83. The maximum atomic E-state index is 13.0. The van der Waals surface area contributed by atoms with Crippen LogP contribution in [0.15, 0.2) is 34.1 Å². The molecule has 0 N–H and O–H groups in total. The number of aryl methyl sites for hydroxylation is 2. The molecule has 1 aliphatic heterocycles. The zero-order valence-electron chi connectivity index (χ0n) is 16.1. The minimum Gasteiger partial charge on any atom is -0.330 e. The predicted octanol–water partition coefficient (Wildman–Crippen LogP) is 0.733. The van der Waals surface area contributed by atoms with E-state index in [1.54, 1.807) is 43.3 Å². The number of likely N-dealkylation sites (tertiary alicyclic amines) is 1. The van der Waals surface area contributed by atoms with Gasteiger partial charge in [-0.1, -0.05) is 0 Å². The van der Waals surface area contributed by atoms with Gasteiger partial charge in [0.2, 0.25) is 0 Å². The lowest BCUT2D eigenvalue weighted by atomic mass is 9.98. The Morgan fingerprint density at radius 1 is 1.11 bits per heavy atom. The molecule has 0 unspecified atom stereocenters. The van der Waals surface area contributed by atoms with Gasteiger partial charge in [-0.2, -0.15) is 5.10 Å². The Morgan fingerprint density at radius 2 is 1.89 bits per heavy atom. The Kier molecular flexibility index (Phi) is 4.37. The highest BCUT2D eigenvalue weighted by Gasteiger charge is 2.30. The maximum absolute atomic E-state index is 13.0. The van der Waals surface area contributed by atoms with Crippen molar-refractivity contribution in [1.29, 1.82) is 0 Å². The zero-order valence-corrected chi connectivity index (χ0v) is 16.1. The molecule has 0 spiro atoms. The molecule has 3 aromatic heterocycles. The molecular formula is C19H22N6O3. The second-order valence-corrected chi connectivity index (χ2v) is 7.23. The van der Waals surface area contributed by atoms with Gasteiger partial charge in [-0.3, -0.25) is 23.4 Å². The van der Waals surface area contributed by atoms with Gasteiger partial charge in [0, 0.05) is 33.9 Å². The van der Waals surface area contributed by atoms with E-state index in [4.69, 9.17) is 0 Å². The molecule has 146 valence electrons. The molecule has 0 bridgehead atoms. The smallest absolute Gasteiger partial charge is 0.330 e. The van der Waals surface area contributed by atoms with Gasteiger partial charge in [0.15, 0.2) is 0 Å². The lowest BCUT2D eigenvalue weighted by Crippen LogP contribution is -2.39. The van der Waals surface area contributed by atoms with E-state index in [1.807, 2.05) is 4.90 Å². The molecule has 1 atom stereocenters. The first-order valence-electron chi connectivity index (χ1n) is 9.25. The fraction of sp³-hybridized carbons (Fsp3) is 0.421. The average molecular weight is 382 g/mol. The largest absolute Gasteiger partial charge is 0.332 e. The van der Waals surface area contributed by atoms with E-state index in [1.165, 1.54) is 11.6 Å². The topological polar surface area (TPSA) is 95.0 Å². The normalized spacial score (nSPS) is 17.2. The zero-order chi connectivity index (χ0) is 20.0. The van der Waals surface area contributed by atoms with E-state index in [0.717, 1.165) is 23.8 Å². The molecule has 1 fully saturated rings. The molecular weight excluding hydrogens is 360 g/mol. The molecule has 1 aliphatic rings.